The Bertz CT molecular complexity index is 575. The molecule has 1 fully saturated rings. The molecular weight excluding hydrogens is 307 g/mol. The molecule has 1 aliphatic rings. The quantitative estimate of drug-likeness (QED) is 0.641. The summed E-state index contributed by atoms with van der Waals surface area (Å²) in [5, 5.41) is 13.3. The molecule has 126 valence electrons. The van der Waals surface area contributed by atoms with Gasteiger partial charge in [0.05, 0.1) is 23.7 Å². The highest BCUT2D eigenvalue weighted by molar-refractivity contribution is 5.95. The van der Waals surface area contributed by atoms with Crippen molar-refractivity contribution >= 4 is 17.3 Å². The van der Waals surface area contributed by atoms with E-state index >= 15 is 0 Å². The number of hydrogen-bond donors (Lipinski definition) is 1. The third-order valence-corrected chi connectivity index (χ3v) is 3.59. The maximum atomic E-state index is 13.1. The molecule has 1 saturated heterocycles. The van der Waals surface area contributed by atoms with Gasteiger partial charge in [0, 0.05) is 6.61 Å². The van der Waals surface area contributed by atoms with E-state index < -0.39 is 28.4 Å². The van der Waals surface area contributed by atoms with Crippen LogP contribution in [0.4, 0.5) is 15.8 Å². The average Bonchev–Trinajstić information content (AvgIpc) is 2.55. The van der Waals surface area contributed by atoms with E-state index in [2.05, 4.69) is 5.32 Å². The zero-order valence-electron chi connectivity index (χ0n) is 12.8. The summed E-state index contributed by atoms with van der Waals surface area (Å²) in [5.41, 5.74) is -0.563. The fraction of sp³-hybridized carbons (Fsp3) is 0.533. The number of halogens is 1. The van der Waals surface area contributed by atoms with E-state index in [9.17, 15) is 19.3 Å². The first-order valence-electron chi connectivity index (χ1n) is 7.45. The van der Waals surface area contributed by atoms with E-state index in [4.69, 9.17) is 9.47 Å². The summed E-state index contributed by atoms with van der Waals surface area (Å²) >= 11 is 0. The summed E-state index contributed by atoms with van der Waals surface area (Å²) < 4.78 is 24.0. The van der Waals surface area contributed by atoms with Gasteiger partial charge in [-0.3, -0.25) is 14.9 Å². The first-order valence-corrected chi connectivity index (χ1v) is 7.45. The molecule has 0 bridgehead atoms. The lowest BCUT2D eigenvalue weighted by molar-refractivity contribution is -0.384. The zero-order chi connectivity index (χ0) is 16.8. The summed E-state index contributed by atoms with van der Waals surface area (Å²) in [6.07, 6.45) is 2.15. The molecule has 0 spiro atoms. The van der Waals surface area contributed by atoms with Crippen molar-refractivity contribution in [3.8, 4) is 0 Å². The number of nitro benzene ring substituents is 1. The Hall–Kier alpha value is -2.06. The highest BCUT2D eigenvalue weighted by Crippen LogP contribution is 2.25. The molecule has 23 heavy (non-hydrogen) atoms. The number of rotatable bonds is 6. The van der Waals surface area contributed by atoms with Gasteiger partial charge in [0.2, 0.25) is 0 Å². The zero-order valence-corrected chi connectivity index (χ0v) is 12.8. The van der Waals surface area contributed by atoms with Crippen LogP contribution in [-0.4, -0.2) is 36.3 Å². The van der Waals surface area contributed by atoms with Gasteiger partial charge in [-0.1, -0.05) is 0 Å². The summed E-state index contributed by atoms with van der Waals surface area (Å²) in [6.45, 7) is 2.53. The van der Waals surface area contributed by atoms with Crippen molar-refractivity contribution in [2.24, 2.45) is 0 Å². The standard InChI is InChI=1S/C15H19FN2O5/c1-10(23-9-12-4-2-3-7-22-12)15(19)17-13-6-5-11(16)8-14(13)18(20)21/h5-6,8,10,12H,2-4,7,9H2,1H3,(H,17,19)/t10-,12+/m1/s1. The Kier molecular flexibility index (Phi) is 6.00. The molecule has 2 rings (SSSR count). The Morgan fingerprint density at radius 2 is 2.35 bits per heavy atom. The van der Waals surface area contributed by atoms with Gasteiger partial charge in [-0.2, -0.15) is 0 Å². The van der Waals surface area contributed by atoms with E-state index in [1.54, 1.807) is 6.92 Å². The van der Waals surface area contributed by atoms with Crippen molar-refractivity contribution < 1.29 is 23.6 Å². The third-order valence-electron chi connectivity index (χ3n) is 3.59. The van der Waals surface area contributed by atoms with Crippen molar-refractivity contribution in [3.63, 3.8) is 0 Å². The Morgan fingerprint density at radius 1 is 1.57 bits per heavy atom. The number of ether oxygens (including phenoxy) is 2. The molecule has 2 atom stereocenters. The number of hydrogen-bond acceptors (Lipinski definition) is 5. The number of anilines is 1. The lowest BCUT2D eigenvalue weighted by Gasteiger charge is -2.23. The predicted octanol–water partition coefficient (Wildman–Crippen LogP) is 2.65. The smallest absolute Gasteiger partial charge is 0.295 e. The van der Waals surface area contributed by atoms with Crippen LogP contribution in [0.25, 0.3) is 0 Å². The molecule has 7 nitrogen and oxygen atoms in total. The molecule has 8 heteroatoms. The summed E-state index contributed by atoms with van der Waals surface area (Å²) in [5.74, 6) is -1.27. The van der Waals surface area contributed by atoms with Crippen LogP contribution in [0.5, 0.6) is 0 Å². The second kappa shape index (κ2) is 7.98. The number of benzene rings is 1. The predicted molar refractivity (Wildman–Crippen MR) is 80.7 cm³/mol. The van der Waals surface area contributed by atoms with E-state index in [1.165, 1.54) is 0 Å². The number of amides is 1. The molecule has 1 N–H and O–H groups in total. The minimum atomic E-state index is -0.801. The van der Waals surface area contributed by atoms with Crippen LogP contribution < -0.4 is 5.32 Å². The van der Waals surface area contributed by atoms with Crippen molar-refractivity contribution in [1.82, 2.24) is 0 Å². The van der Waals surface area contributed by atoms with Crippen molar-refractivity contribution in [2.45, 2.75) is 38.4 Å². The van der Waals surface area contributed by atoms with Gasteiger partial charge >= 0.3 is 0 Å². The van der Waals surface area contributed by atoms with Crippen LogP contribution in [0.1, 0.15) is 26.2 Å². The number of nitrogens with zero attached hydrogens (tertiary/aromatic N) is 1. The van der Waals surface area contributed by atoms with Crippen LogP contribution in [0.15, 0.2) is 18.2 Å². The molecular formula is C15H19FN2O5. The first kappa shape index (κ1) is 17.3. The van der Waals surface area contributed by atoms with E-state index in [1.807, 2.05) is 0 Å². The van der Waals surface area contributed by atoms with Gasteiger partial charge in [-0.25, -0.2) is 4.39 Å². The van der Waals surface area contributed by atoms with Gasteiger partial charge < -0.3 is 14.8 Å². The van der Waals surface area contributed by atoms with Crippen LogP contribution in [0, 0.1) is 15.9 Å². The van der Waals surface area contributed by atoms with Gasteiger partial charge in [0.15, 0.2) is 0 Å². The lowest BCUT2D eigenvalue weighted by atomic mass is 10.1. The van der Waals surface area contributed by atoms with Crippen LogP contribution >= 0.6 is 0 Å². The van der Waals surface area contributed by atoms with E-state index in [0.29, 0.717) is 13.2 Å². The molecule has 0 saturated carbocycles. The molecule has 0 radical (unpaired) electrons. The normalized spacial score (nSPS) is 19.1. The number of nitrogens with one attached hydrogen (secondary N) is 1. The lowest BCUT2D eigenvalue weighted by Crippen LogP contribution is -2.32. The number of nitro groups is 1. The van der Waals surface area contributed by atoms with Crippen molar-refractivity contribution in [2.75, 3.05) is 18.5 Å². The van der Waals surface area contributed by atoms with E-state index in [0.717, 1.165) is 37.5 Å². The first-order chi connectivity index (χ1) is 11.0. The molecule has 1 heterocycles. The largest absolute Gasteiger partial charge is 0.376 e. The van der Waals surface area contributed by atoms with Crippen molar-refractivity contribution in [3.05, 3.63) is 34.1 Å². The Labute approximate surface area is 132 Å². The van der Waals surface area contributed by atoms with Crippen LogP contribution in [0.3, 0.4) is 0 Å². The SMILES string of the molecule is C[C@@H](OC[C@@H]1CCCCO1)C(=O)Nc1ccc(F)cc1[N+](=O)[O-]. The number of carbonyl (C=O) groups is 1. The fourth-order valence-electron chi connectivity index (χ4n) is 2.26. The molecule has 0 aromatic heterocycles. The molecule has 1 aliphatic heterocycles. The Balaban J connectivity index is 1.91. The second-order valence-corrected chi connectivity index (χ2v) is 5.37. The third kappa shape index (κ3) is 4.97. The van der Waals surface area contributed by atoms with E-state index in [-0.39, 0.29) is 11.8 Å². The molecule has 1 aromatic carbocycles. The molecule has 1 aromatic rings. The average molecular weight is 326 g/mol. The minimum Gasteiger partial charge on any atom is -0.376 e. The highest BCUT2D eigenvalue weighted by Gasteiger charge is 2.22. The monoisotopic (exact) mass is 326 g/mol. The van der Waals surface area contributed by atoms with Gasteiger partial charge in [-0.15, -0.1) is 0 Å². The second-order valence-electron chi connectivity index (χ2n) is 5.37. The fourth-order valence-corrected chi connectivity index (χ4v) is 2.26. The topological polar surface area (TPSA) is 90.7 Å². The Morgan fingerprint density at radius 3 is 3.00 bits per heavy atom. The molecule has 1 amide bonds. The highest BCUT2D eigenvalue weighted by atomic mass is 19.1. The van der Waals surface area contributed by atoms with Crippen molar-refractivity contribution in [1.29, 1.82) is 0 Å². The van der Waals surface area contributed by atoms with Gasteiger partial charge in [0.1, 0.15) is 17.6 Å². The van der Waals surface area contributed by atoms with Gasteiger partial charge in [0.25, 0.3) is 11.6 Å². The maximum Gasteiger partial charge on any atom is 0.295 e. The summed E-state index contributed by atoms with van der Waals surface area (Å²) in [6, 6.07) is 2.96. The molecule has 0 aliphatic carbocycles. The summed E-state index contributed by atoms with van der Waals surface area (Å²) in [4.78, 5) is 22.2. The van der Waals surface area contributed by atoms with Crippen LogP contribution in [0.2, 0.25) is 0 Å². The van der Waals surface area contributed by atoms with Crippen LogP contribution in [-0.2, 0) is 14.3 Å². The maximum absolute atomic E-state index is 13.1. The van der Waals surface area contributed by atoms with Gasteiger partial charge in [-0.05, 0) is 38.3 Å². The summed E-state index contributed by atoms with van der Waals surface area (Å²) in [7, 11) is 0. The minimum absolute atomic E-state index is 0.0286. The molecule has 0 unspecified atom stereocenters. The number of carbonyl (C=O) groups excluding carboxylic acids is 1.